The van der Waals surface area contributed by atoms with Crippen LogP contribution in [0.15, 0.2) is 24.3 Å². The largest absolute Gasteiger partial charge is 0.520 e. The van der Waals surface area contributed by atoms with Crippen molar-refractivity contribution in [2.75, 3.05) is 6.61 Å². The van der Waals surface area contributed by atoms with Crippen molar-refractivity contribution >= 4 is 5.97 Å². The van der Waals surface area contributed by atoms with E-state index in [2.05, 4.69) is 6.07 Å². The van der Waals surface area contributed by atoms with Gasteiger partial charge in [0.15, 0.2) is 6.61 Å². The molecule has 0 N–H and O–H groups in total. The zero-order valence-electron chi connectivity index (χ0n) is 7.04. The number of fused-ring (bicyclic) bond motifs is 1. The van der Waals surface area contributed by atoms with Gasteiger partial charge in [-0.3, -0.25) is 0 Å². The Bertz CT molecular complexity index is 315. The minimum atomic E-state index is 0.644. The van der Waals surface area contributed by atoms with E-state index in [9.17, 15) is 0 Å². The summed E-state index contributed by atoms with van der Waals surface area (Å²) in [6.45, 7) is 3.26. The van der Waals surface area contributed by atoms with E-state index in [1.165, 1.54) is 5.56 Å². The van der Waals surface area contributed by atoms with Crippen LogP contribution in [0, 0.1) is 0 Å². The van der Waals surface area contributed by atoms with Gasteiger partial charge in [0, 0.05) is 5.56 Å². The summed E-state index contributed by atoms with van der Waals surface area (Å²) in [5.41, 5.74) is 2.31. The van der Waals surface area contributed by atoms with Crippen molar-refractivity contribution in [2.45, 2.75) is 13.5 Å². The third-order valence-electron chi connectivity index (χ3n) is 1.87. The summed E-state index contributed by atoms with van der Waals surface area (Å²) in [5, 5.41) is 0. The fourth-order valence-corrected chi connectivity index (χ4v) is 1.32. The summed E-state index contributed by atoms with van der Waals surface area (Å²) in [4.78, 5) is 0. The Morgan fingerprint density at radius 2 is 2.25 bits per heavy atom. The molecule has 1 aromatic rings. The van der Waals surface area contributed by atoms with Crippen LogP contribution < -0.4 is 0 Å². The van der Waals surface area contributed by atoms with Crippen molar-refractivity contribution in [1.29, 1.82) is 0 Å². The first-order valence-electron chi connectivity index (χ1n) is 4.12. The number of hydrogen-bond acceptors (Lipinski definition) is 1. The molecule has 0 radical (unpaired) electrons. The predicted octanol–water partition coefficient (Wildman–Crippen LogP) is 1.91. The van der Waals surface area contributed by atoms with Crippen molar-refractivity contribution in [3.63, 3.8) is 0 Å². The minimum absolute atomic E-state index is 0.644. The smallest absolute Gasteiger partial charge is 0.318 e. The van der Waals surface area contributed by atoms with E-state index in [-0.39, 0.29) is 0 Å². The second-order valence-corrected chi connectivity index (χ2v) is 2.67. The Balaban J connectivity index is 2.32. The summed E-state index contributed by atoms with van der Waals surface area (Å²) in [5.74, 6) is 0.674. The maximum atomic E-state index is 5.36. The Labute approximate surface area is 71.5 Å². The maximum absolute atomic E-state index is 5.36. The van der Waals surface area contributed by atoms with E-state index in [1.54, 1.807) is 0 Å². The van der Waals surface area contributed by atoms with E-state index in [0.717, 1.165) is 5.56 Å². The van der Waals surface area contributed by atoms with E-state index in [4.69, 9.17) is 9.16 Å². The molecule has 12 heavy (non-hydrogen) atoms. The lowest BCUT2D eigenvalue weighted by Gasteiger charge is -1.90. The highest BCUT2D eigenvalue weighted by atomic mass is 16.6. The van der Waals surface area contributed by atoms with Gasteiger partial charge in [-0.2, -0.15) is 0 Å². The molecule has 1 heterocycles. The van der Waals surface area contributed by atoms with Gasteiger partial charge in [0.2, 0.25) is 6.61 Å². The third kappa shape index (κ3) is 1.09. The normalized spacial score (nSPS) is 13.9. The molecular weight excluding hydrogens is 152 g/mol. The molecule has 2 rings (SSSR count). The topological polar surface area (TPSA) is 20.5 Å². The number of rotatable bonds is 1. The van der Waals surface area contributed by atoms with Crippen LogP contribution in [0.5, 0.6) is 0 Å². The Kier molecular flexibility index (Phi) is 1.82. The van der Waals surface area contributed by atoms with E-state index >= 15 is 0 Å². The van der Waals surface area contributed by atoms with Crippen molar-refractivity contribution in [3.8, 4) is 0 Å². The molecule has 0 atom stereocenters. The SMILES string of the molecule is CCOC1=[O+]Cc2ccccc21. The van der Waals surface area contributed by atoms with Crippen molar-refractivity contribution in [3.05, 3.63) is 35.4 Å². The van der Waals surface area contributed by atoms with Crippen LogP contribution in [-0.2, 0) is 11.3 Å². The van der Waals surface area contributed by atoms with Gasteiger partial charge >= 0.3 is 5.97 Å². The Hall–Kier alpha value is -1.31. The van der Waals surface area contributed by atoms with Crippen LogP contribution in [-0.4, -0.2) is 12.6 Å². The van der Waals surface area contributed by atoms with Gasteiger partial charge in [0.1, 0.15) is 5.56 Å². The fraction of sp³-hybridized carbons (Fsp3) is 0.300. The van der Waals surface area contributed by atoms with Crippen LogP contribution in [0.2, 0.25) is 0 Å². The second kappa shape index (κ2) is 2.97. The summed E-state index contributed by atoms with van der Waals surface area (Å²) >= 11 is 0. The average Bonchev–Trinajstić information content (AvgIpc) is 2.50. The van der Waals surface area contributed by atoms with Crippen molar-refractivity contribution in [2.24, 2.45) is 0 Å². The first-order chi connectivity index (χ1) is 5.92. The molecule has 0 aliphatic carbocycles. The molecular formula is C10H11O2+. The molecule has 1 aliphatic rings. The molecule has 0 unspecified atom stereocenters. The highest BCUT2D eigenvalue weighted by molar-refractivity contribution is 5.92. The monoisotopic (exact) mass is 163 g/mol. The zero-order valence-corrected chi connectivity index (χ0v) is 7.04. The number of esters is 1. The molecule has 0 amide bonds. The van der Waals surface area contributed by atoms with Gasteiger partial charge in [-0.05, 0) is 13.0 Å². The van der Waals surface area contributed by atoms with Crippen LogP contribution in [0.25, 0.3) is 0 Å². The fourth-order valence-electron chi connectivity index (χ4n) is 1.32. The van der Waals surface area contributed by atoms with Crippen molar-refractivity contribution < 1.29 is 9.16 Å². The van der Waals surface area contributed by atoms with Crippen LogP contribution in [0.3, 0.4) is 0 Å². The van der Waals surface area contributed by atoms with Gasteiger partial charge in [0.05, 0.1) is 0 Å². The van der Waals surface area contributed by atoms with Gasteiger partial charge in [-0.25, -0.2) is 0 Å². The summed E-state index contributed by atoms with van der Waals surface area (Å²) in [7, 11) is 0. The molecule has 0 fully saturated rings. The minimum Gasteiger partial charge on any atom is -0.318 e. The molecule has 2 heteroatoms. The molecule has 0 spiro atoms. The van der Waals surface area contributed by atoms with Crippen molar-refractivity contribution in [1.82, 2.24) is 0 Å². The van der Waals surface area contributed by atoms with Gasteiger partial charge < -0.3 is 9.16 Å². The van der Waals surface area contributed by atoms with E-state index in [1.807, 2.05) is 25.1 Å². The van der Waals surface area contributed by atoms with Gasteiger partial charge in [-0.15, -0.1) is 0 Å². The number of ether oxygens (including phenoxy) is 1. The maximum Gasteiger partial charge on any atom is 0.520 e. The quantitative estimate of drug-likeness (QED) is 0.457. The molecule has 2 nitrogen and oxygen atoms in total. The number of carbonyl (C=O) groups excluding carboxylic acids is 1. The first kappa shape index (κ1) is 7.35. The molecule has 0 saturated carbocycles. The summed E-state index contributed by atoms with van der Waals surface area (Å²) in [6, 6.07) is 8.08. The lowest BCUT2D eigenvalue weighted by molar-refractivity contribution is -0.295. The van der Waals surface area contributed by atoms with E-state index < -0.39 is 0 Å². The lowest BCUT2D eigenvalue weighted by Crippen LogP contribution is -2.03. The second-order valence-electron chi connectivity index (χ2n) is 2.67. The lowest BCUT2D eigenvalue weighted by atomic mass is 10.1. The summed E-state index contributed by atoms with van der Waals surface area (Å²) < 4.78 is 10.7. The Morgan fingerprint density at radius 3 is 3.08 bits per heavy atom. The number of benzene rings is 1. The third-order valence-corrected chi connectivity index (χ3v) is 1.87. The van der Waals surface area contributed by atoms with Crippen LogP contribution >= 0.6 is 0 Å². The molecule has 0 aromatic heterocycles. The molecule has 1 aromatic carbocycles. The standard InChI is InChI=1S/C10H11O2/c1-2-11-10-9-6-4-3-5-8(9)7-12-10/h3-6H,2,7H2,1H3/q+1. The molecule has 1 aliphatic heterocycles. The average molecular weight is 163 g/mol. The van der Waals surface area contributed by atoms with Gasteiger partial charge in [-0.1, -0.05) is 18.2 Å². The predicted molar refractivity (Wildman–Crippen MR) is 46.1 cm³/mol. The highest BCUT2D eigenvalue weighted by Gasteiger charge is 2.27. The Morgan fingerprint density at radius 1 is 1.42 bits per heavy atom. The molecule has 62 valence electrons. The van der Waals surface area contributed by atoms with E-state index in [0.29, 0.717) is 19.2 Å². The molecule has 0 saturated heterocycles. The number of hydrogen-bond donors (Lipinski definition) is 0. The highest BCUT2D eigenvalue weighted by Crippen LogP contribution is 2.17. The molecule has 0 bridgehead atoms. The van der Waals surface area contributed by atoms with Crippen LogP contribution in [0.4, 0.5) is 0 Å². The summed E-state index contributed by atoms with van der Waals surface area (Å²) in [6.07, 6.45) is 0. The van der Waals surface area contributed by atoms with Gasteiger partial charge in [0.25, 0.3) is 0 Å². The zero-order chi connectivity index (χ0) is 8.39. The first-order valence-corrected chi connectivity index (χ1v) is 4.12. The van der Waals surface area contributed by atoms with Crippen LogP contribution in [0.1, 0.15) is 22.5 Å².